The maximum absolute atomic E-state index is 15.0. The van der Waals surface area contributed by atoms with Gasteiger partial charge in [-0.25, -0.2) is 14.4 Å². The van der Waals surface area contributed by atoms with Gasteiger partial charge < -0.3 is 10.6 Å². The third-order valence-corrected chi connectivity index (χ3v) is 6.37. The SMILES string of the molecule is CN(C(=O)c1cc2c(cc1F)nc(N)c1c2cnn1C)[C@@H]1CCCc2nc(C(F)(F)F)ccc21. The van der Waals surface area contributed by atoms with Gasteiger partial charge in [-0.15, -0.1) is 0 Å². The predicted octanol–water partition coefficient (Wildman–Crippen LogP) is 4.41. The number of hydrogen-bond donors (Lipinski definition) is 1. The molecule has 0 saturated carbocycles. The molecule has 0 unspecified atom stereocenters. The largest absolute Gasteiger partial charge is 0.433 e. The van der Waals surface area contributed by atoms with Gasteiger partial charge in [-0.2, -0.15) is 18.3 Å². The molecule has 5 rings (SSSR count). The van der Waals surface area contributed by atoms with Crippen LogP contribution in [-0.4, -0.2) is 37.6 Å². The van der Waals surface area contributed by atoms with Gasteiger partial charge in [0.2, 0.25) is 0 Å². The molecule has 2 N–H and O–H groups in total. The molecule has 0 fully saturated rings. The molecular weight excluding hydrogens is 452 g/mol. The molecule has 34 heavy (non-hydrogen) atoms. The average Bonchev–Trinajstić information content (AvgIpc) is 3.18. The smallest absolute Gasteiger partial charge is 0.382 e. The average molecular weight is 472 g/mol. The summed E-state index contributed by atoms with van der Waals surface area (Å²) in [4.78, 5) is 22.8. The maximum Gasteiger partial charge on any atom is 0.433 e. The molecule has 1 aliphatic carbocycles. The minimum atomic E-state index is -4.55. The molecule has 7 nitrogen and oxygen atoms in total. The number of fused-ring (bicyclic) bond motifs is 4. The van der Waals surface area contributed by atoms with Crippen LogP contribution in [0.2, 0.25) is 0 Å². The van der Waals surface area contributed by atoms with Crippen LogP contribution in [0.15, 0.2) is 30.5 Å². The number of nitrogens with two attached hydrogens (primary N) is 1. The van der Waals surface area contributed by atoms with Crippen LogP contribution in [0.5, 0.6) is 0 Å². The number of rotatable bonds is 2. The molecule has 0 bridgehead atoms. The summed E-state index contributed by atoms with van der Waals surface area (Å²) < 4.78 is 55.8. The second-order valence-electron chi connectivity index (χ2n) is 8.43. The molecule has 1 atom stereocenters. The van der Waals surface area contributed by atoms with E-state index in [1.165, 1.54) is 24.1 Å². The molecule has 3 heterocycles. The Balaban J connectivity index is 1.55. The number of pyridine rings is 2. The molecule has 4 aromatic rings. The first-order valence-corrected chi connectivity index (χ1v) is 10.6. The summed E-state index contributed by atoms with van der Waals surface area (Å²) in [5, 5.41) is 5.34. The minimum Gasteiger partial charge on any atom is -0.382 e. The van der Waals surface area contributed by atoms with Crippen LogP contribution in [0.1, 0.15) is 46.2 Å². The Morgan fingerprint density at radius 3 is 2.71 bits per heavy atom. The fourth-order valence-corrected chi connectivity index (χ4v) is 4.68. The fourth-order valence-electron chi connectivity index (χ4n) is 4.68. The highest BCUT2D eigenvalue weighted by Gasteiger charge is 2.35. The van der Waals surface area contributed by atoms with Crippen LogP contribution in [0.25, 0.3) is 21.8 Å². The van der Waals surface area contributed by atoms with Gasteiger partial charge in [0.05, 0.1) is 23.3 Å². The van der Waals surface area contributed by atoms with Crippen molar-refractivity contribution in [3.63, 3.8) is 0 Å². The normalized spacial score (nSPS) is 16.1. The molecule has 0 spiro atoms. The molecule has 3 aromatic heterocycles. The summed E-state index contributed by atoms with van der Waals surface area (Å²) in [6, 6.07) is 4.34. The number of carbonyl (C=O) groups excluding carboxylic acids is 1. The molecule has 0 aliphatic heterocycles. The minimum absolute atomic E-state index is 0.168. The van der Waals surface area contributed by atoms with E-state index in [0.717, 1.165) is 12.1 Å². The molecule has 1 aliphatic rings. The van der Waals surface area contributed by atoms with E-state index in [1.54, 1.807) is 17.9 Å². The zero-order valence-electron chi connectivity index (χ0n) is 18.3. The molecule has 11 heteroatoms. The van der Waals surface area contributed by atoms with E-state index in [4.69, 9.17) is 5.73 Å². The van der Waals surface area contributed by atoms with Gasteiger partial charge in [-0.1, -0.05) is 6.07 Å². The second kappa shape index (κ2) is 7.64. The third kappa shape index (κ3) is 3.42. The molecular formula is C23H20F4N6O. The van der Waals surface area contributed by atoms with Crippen molar-refractivity contribution in [1.29, 1.82) is 0 Å². The number of nitrogen functional groups attached to an aromatic ring is 1. The molecule has 1 amide bonds. The van der Waals surface area contributed by atoms with Gasteiger partial charge in [0, 0.05) is 36.6 Å². The van der Waals surface area contributed by atoms with E-state index in [-0.39, 0.29) is 11.4 Å². The van der Waals surface area contributed by atoms with E-state index in [0.29, 0.717) is 52.3 Å². The predicted molar refractivity (Wildman–Crippen MR) is 117 cm³/mol. The molecule has 0 saturated heterocycles. The molecule has 1 aromatic carbocycles. The van der Waals surface area contributed by atoms with Crippen LogP contribution in [0.4, 0.5) is 23.4 Å². The number of halogens is 4. The first kappa shape index (κ1) is 22.1. The van der Waals surface area contributed by atoms with Crippen molar-refractivity contribution in [1.82, 2.24) is 24.6 Å². The van der Waals surface area contributed by atoms with Crippen molar-refractivity contribution in [3.8, 4) is 0 Å². The zero-order valence-corrected chi connectivity index (χ0v) is 18.3. The number of aromatic nitrogens is 4. The van der Waals surface area contributed by atoms with Gasteiger partial charge >= 0.3 is 6.18 Å². The number of anilines is 1. The van der Waals surface area contributed by atoms with Crippen molar-refractivity contribution in [2.45, 2.75) is 31.5 Å². The number of aryl methyl sites for hydroxylation is 2. The summed E-state index contributed by atoms with van der Waals surface area (Å²) in [6.45, 7) is 0. The van der Waals surface area contributed by atoms with E-state index in [2.05, 4.69) is 15.1 Å². The number of amides is 1. The summed E-state index contributed by atoms with van der Waals surface area (Å²) >= 11 is 0. The Morgan fingerprint density at radius 1 is 1.21 bits per heavy atom. The lowest BCUT2D eigenvalue weighted by atomic mass is 9.89. The molecule has 0 radical (unpaired) electrons. The zero-order chi connectivity index (χ0) is 24.4. The highest BCUT2D eigenvalue weighted by molar-refractivity contribution is 6.10. The summed E-state index contributed by atoms with van der Waals surface area (Å²) in [7, 11) is 3.22. The highest BCUT2D eigenvalue weighted by Crippen LogP contribution is 2.37. The monoisotopic (exact) mass is 472 g/mol. The number of nitrogens with zero attached hydrogens (tertiary/aromatic N) is 5. The van der Waals surface area contributed by atoms with Crippen LogP contribution >= 0.6 is 0 Å². The summed E-state index contributed by atoms with van der Waals surface area (Å²) in [5.41, 5.74) is 6.58. The van der Waals surface area contributed by atoms with Gasteiger partial charge in [-0.3, -0.25) is 9.48 Å². The van der Waals surface area contributed by atoms with Crippen molar-refractivity contribution in [3.05, 3.63) is 58.8 Å². The van der Waals surface area contributed by atoms with Crippen molar-refractivity contribution in [2.75, 3.05) is 12.8 Å². The Hall–Kier alpha value is -3.76. The fraction of sp³-hybridized carbons (Fsp3) is 0.304. The van der Waals surface area contributed by atoms with E-state index in [1.807, 2.05) is 0 Å². The van der Waals surface area contributed by atoms with Crippen molar-refractivity contribution < 1.29 is 22.4 Å². The lowest BCUT2D eigenvalue weighted by Gasteiger charge is -2.33. The number of alkyl halides is 3. The van der Waals surface area contributed by atoms with Gasteiger partial charge in [-0.05, 0) is 37.0 Å². The maximum atomic E-state index is 15.0. The lowest BCUT2D eigenvalue weighted by Crippen LogP contribution is -2.34. The Bertz CT molecular complexity index is 1460. The Labute approximate surface area is 191 Å². The quantitative estimate of drug-likeness (QED) is 0.437. The topological polar surface area (TPSA) is 89.9 Å². The van der Waals surface area contributed by atoms with Crippen LogP contribution in [-0.2, 0) is 19.6 Å². The summed E-state index contributed by atoms with van der Waals surface area (Å²) in [5.74, 6) is -1.16. The van der Waals surface area contributed by atoms with Crippen LogP contribution < -0.4 is 5.73 Å². The van der Waals surface area contributed by atoms with E-state index in [9.17, 15) is 18.0 Å². The van der Waals surface area contributed by atoms with Gasteiger partial charge in [0.25, 0.3) is 5.91 Å². The first-order chi connectivity index (χ1) is 16.1. The van der Waals surface area contributed by atoms with Gasteiger partial charge in [0.15, 0.2) is 0 Å². The lowest BCUT2D eigenvalue weighted by molar-refractivity contribution is -0.141. The van der Waals surface area contributed by atoms with Crippen molar-refractivity contribution in [2.24, 2.45) is 7.05 Å². The standard InChI is InChI=1S/C23H20F4N6O/c1-32(18-5-3-4-16-11(18)6-7-19(30-16)23(25,26)27)22(34)13-8-12-14-10-29-33(2)20(14)21(28)31-17(12)9-15(13)24/h6-10,18H,3-5H2,1-2H3,(H2,28,31)/t18-/m1/s1. The summed E-state index contributed by atoms with van der Waals surface area (Å²) in [6.07, 6.45) is -1.50. The van der Waals surface area contributed by atoms with Crippen LogP contribution in [0.3, 0.4) is 0 Å². The van der Waals surface area contributed by atoms with Crippen molar-refractivity contribution >= 4 is 33.5 Å². The van der Waals surface area contributed by atoms with E-state index >= 15 is 4.39 Å². The first-order valence-electron chi connectivity index (χ1n) is 10.6. The molecule has 176 valence electrons. The Morgan fingerprint density at radius 2 is 1.97 bits per heavy atom. The number of hydrogen-bond acceptors (Lipinski definition) is 5. The number of benzene rings is 1. The van der Waals surface area contributed by atoms with Crippen LogP contribution in [0, 0.1) is 5.82 Å². The highest BCUT2D eigenvalue weighted by atomic mass is 19.4. The van der Waals surface area contributed by atoms with E-state index < -0.39 is 29.6 Å². The second-order valence-corrected chi connectivity index (χ2v) is 8.43. The Kier molecular flexibility index (Phi) is 4.96. The van der Waals surface area contributed by atoms with Gasteiger partial charge in [0.1, 0.15) is 22.8 Å². The number of carbonyl (C=O) groups is 1. The third-order valence-electron chi connectivity index (χ3n) is 6.37.